The van der Waals surface area contributed by atoms with Gasteiger partial charge in [-0.3, -0.25) is 0 Å². The minimum Gasteiger partial charge on any atom is -0.490 e. The average Bonchev–Trinajstić information content (AvgIpc) is 2.43. The Morgan fingerprint density at radius 3 is 2.57 bits per heavy atom. The lowest BCUT2D eigenvalue weighted by molar-refractivity contribution is -0.131. The highest BCUT2D eigenvalue weighted by Gasteiger charge is 2.10. The van der Waals surface area contributed by atoms with Gasteiger partial charge in [-0.1, -0.05) is 37.0 Å². The summed E-state index contributed by atoms with van der Waals surface area (Å²) in [4.78, 5) is 12.9. The van der Waals surface area contributed by atoms with Crippen molar-refractivity contribution in [3.8, 4) is 5.75 Å². The maximum absolute atomic E-state index is 10.6. The Balaban J connectivity index is 2.86. The van der Waals surface area contributed by atoms with E-state index in [1.807, 2.05) is 0 Å². The highest BCUT2D eigenvalue weighted by molar-refractivity contribution is 6.35. The van der Waals surface area contributed by atoms with E-state index in [1.165, 1.54) is 6.08 Å². The third-order valence-corrected chi connectivity index (χ3v) is 3.49. The van der Waals surface area contributed by atoms with E-state index in [0.717, 1.165) is 25.7 Å². The molecular weight excluding hydrogens is 313 g/mol. The molecule has 0 amide bonds. The van der Waals surface area contributed by atoms with Crippen molar-refractivity contribution in [1.82, 2.24) is 4.90 Å². The van der Waals surface area contributed by atoms with E-state index in [0.29, 0.717) is 28.0 Å². The molecule has 21 heavy (non-hydrogen) atoms. The maximum atomic E-state index is 10.6. The van der Waals surface area contributed by atoms with Gasteiger partial charge in [0.25, 0.3) is 0 Å². The topological polar surface area (TPSA) is 49.8 Å². The van der Waals surface area contributed by atoms with Crippen LogP contribution in [-0.4, -0.2) is 42.2 Å². The van der Waals surface area contributed by atoms with Crippen molar-refractivity contribution in [3.63, 3.8) is 0 Å². The zero-order valence-corrected chi connectivity index (χ0v) is 13.6. The molecule has 0 aliphatic carbocycles. The molecule has 0 radical (unpaired) electrons. The Kier molecular flexibility index (Phi) is 7.57. The van der Waals surface area contributed by atoms with Crippen molar-refractivity contribution in [2.75, 3.05) is 26.2 Å². The Morgan fingerprint density at radius 2 is 2.00 bits per heavy atom. The van der Waals surface area contributed by atoms with E-state index >= 15 is 0 Å². The van der Waals surface area contributed by atoms with Crippen LogP contribution in [0.1, 0.15) is 19.4 Å². The molecule has 1 aromatic rings. The fourth-order valence-electron chi connectivity index (χ4n) is 1.83. The number of ether oxygens (including phenoxy) is 1. The van der Waals surface area contributed by atoms with Gasteiger partial charge < -0.3 is 14.7 Å². The Morgan fingerprint density at radius 1 is 1.33 bits per heavy atom. The smallest absolute Gasteiger partial charge is 0.328 e. The molecule has 4 nitrogen and oxygen atoms in total. The van der Waals surface area contributed by atoms with E-state index in [1.54, 1.807) is 12.1 Å². The number of carboxylic acid groups (broad SMARTS) is 1. The number of likely N-dealkylation sites (N-methyl/N-ethyl adjacent to an activating group) is 1. The normalized spacial score (nSPS) is 11.3. The number of rotatable bonds is 8. The number of carbonyl (C=O) groups is 1. The Bertz CT molecular complexity index is 514. The summed E-state index contributed by atoms with van der Waals surface area (Å²) in [7, 11) is 0. The third-order valence-electron chi connectivity index (χ3n) is 2.99. The molecule has 0 atom stereocenters. The van der Waals surface area contributed by atoms with E-state index < -0.39 is 5.97 Å². The molecule has 0 saturated heterocycles. The predicted octanol–water partition coefficient (Wildman–Crippen LogP) is 3.81. The highest BCUT2D eigenvalue weighted by Crippen LogP contribution is 2.33. The first-order valence-electron chi connectivity index (χ1n) is 6.73. The van der Waals surface area contributed by atoms with Gasteiger partial charge in [0.2, 0.25) is 0 Å². The largest absolute Gasteiger partial charge is 0.490 e. The predicted molar refractivity (Wildman–Crippen MR) is 86.4 cm³/mol. The van der Waals surface area contributed by atoms with Crippen molar-refractivity contribution in [3.05, 3.63) is 33.8 Å². The molecule has 1 N–H and O–H groups in total. The summed E-state index contributed by atoms with van der Waals surface area (Å²) in [5.74, 6) is -0.592. The van der Waals surface area contributed by atoms with Gasteiger partial charge in [0.1, 0.15) is 12.4 Å². The summed E-state index contributed by atoms with van der Waals surface area (Å²) in [5, 5.41) is 9.52. The molecule has 6 heteroatoms. The number of halogens is 2. The molecule has 0 aromatic heterocycles. The SMILES string of the molecule is CCN(CC)CCOc1c(Cl)cc(Cl)cc1/C=C/C(=O)O. The lowest BCUT2D eigenvalue weighted by Crippen LogP contribution is -2.28. The molecule has 0 aliphatic heterocycles. The molecule has 0 aliphatic rings. The second kappa shape index (κ2) is 8.93. The molecule has 0 saturated carbocycles. The van der Waals surface area contributed by atoms with E-state index in [2.05, 4.69) is 18.7 Å². The van der Waals surface area contributed by atoms with Crippen molar-refractivity contribution in [2.24, 2.45) is 0 Å². The summed E-state index contributed by atoms with van der Waals surface area (Å²) in [5.41, 5.74) is 0.550. The van der Waals surface area contributed by atoms with Gasteiger partial charge in [0.05, 0.1) is 5.02 Å². The van der Waals surface area contributed by atoms with Crippen LogP contribution in [0.15, 0.2) is 18.2 Å². The van der Waals surface area contributed by atoms with Crippen molar-refractivity contribution in [1.29, 1.82) is 0 Å². The first-order valence-corrected chi connectivity index (χ1v) is 7.48. The molecule has 1 rings (SSSR count). The number of nitrogens with zero attached hydrogens (tertiary/aromatic N) is 1. The van der Waals surface area contributed by atoms with Crippen LogP contribution in [0.25, 0.3) is 6.08 Å². The van der Waals surface area contributed by atoms with Crippen LogP contribution in [-0.2, 0) is 4.79 Å². The van der Waals surface area contributed by atoms with Crippen LogP contribution in [0, 0.1) is 0 Å². The molecular formula is C15H19Cl2NO3. The minimum atomic E-state index is -1.04. The summed E-state index contributed by atoms with van der Waals surface area (Å²) < 4.78 is 5.71. The van der Waals surface area contributed by atoms with Crippen LogP contribution in [0.3, 0.4) is 0 Å². The van der Waals surface area contributed by atoms with Crippen LogP contribution >= 0.6 is 23.2 Å². The molecule has 0 fully saturated rings. The monoisotopic (exact) mass is 331 g/mol. The van der Waals surface area contributed by atoms with E-state index in [-0.39, 0.29) is 0 Å². The van der Waals surface area contributed by atoms with Crippen molar-refractivity contribution in [2.45, 2.75) is 13.8 Å². The number of hydrogen-bond acceptors (Lipinski definition) is 3. The first-order chi connectivity index (χ1) is 9.97. The van der Waals surface area contributed by atoms with Gasteiger partial charge in [-0.2, -0.15) is 0 Å². The molecule has 1 aromatic carbocycles. The summed E-state index contributed by atoms with van der Waals surface area (Å²) in [6.45, 7) is 7.30. The van der Waals surface area contributed by atoms with E-state index in [9.17, 15) is 4.79 Å². The number of hydrogen-bond donors (Lipinski definition) is 1. The Labute approximate surface area is 134 Å². The van der Waals surface area contributed by atoms with Gasteiger partial charge in [0.15, 0.2) is 0 Å². The molecule has 0 spiro atoms. The quantitative estimate of drug-likeness (QED) is 0.736. The van der Waals surface area contributed by atoms with Crippen LogP contribution in [0.5, 0.6) is 5.75 Å². The van der Waals surface area contributed by atoms with E-state index in [4.69, 9.17) is 33.0 Å². The van der Waals surface area contributed by atoms with Gasteiger partial charge in [0, 0.05) is 23.2 Å². The lowest BCUT2D eigenvalue weighted by atomic mass is 10.2. The van der Waals surface area contributed by atoms with Crippen molar-refractivity contribution < 1.29 is 14.6 Å². The summed E-state index contributed by atoms with van der Waals surface area (Å²) in [6.07, 6.45) is 2.45. The molecule has 116 valence electrons. The average molecular weight is 332 g/mol. The fraction of sp³-hybridized carbons (Fsp3) is 0.400. The maximum Gasteiger partial charge on any atom is 0.328 e. The minimum absolute atomic E-state index is 0.368. The third kappa shape index (κ3) is 5.96. The van der Waals surface area contributed by atoms with Gasteiger partial charge in [-0.05, 0) is 31.3 Å². The van der Waals surface area contributed by atoms with Gasteiger partial charge in [-0.25, -0.2) is 4.79 Å². The zero-order valence-electron chi connectivity index (χ0n) is 12.1. The summed E-state index contributed by atoms with van der Waals surface area (Å²) in [6, 6.07) is 3.20. The van der Waals surface area contributed by atoms with Crippen molar-refractivity contribution >= 4 is 35.2 Å². The highest BCUT2D eigenvalue weighted by atomic mass is 35.5. The fourth-order valence-corrected chi connectivity index (χ4v) is 2.40. The second-order valence-corrected chi connectivity index (χ2v) is 5.20. The number of aliphatic carboxylic acids is 1. The standard InChI is InChI=1S/C15H19Cl2NO3/c1-3-18(4-2)7-8-21-15-11(5-6-14(19)20)9-12(16)10-13(15)17/h5-6,9-10H,3-4,7-8H2,1-2H3,(H,19,20)/b6-5+. The second-order valence-electron chi connectivity index (χ2n) is 4.35. The molecule has 0 bridgehead atoms. The van der Waals surface area contributed by atoms with Crippen LogP contribution < -0.4 is 4.74 Å². The van der Waals surface area contributed by atoms with Gasteiger partial charge in [-0.15, -0.1) is 0 Å². The Hall–Kier alpha value is -1.23. The lowest BCUT2D eigenvalue weighted by Gasteiger charge is -2.19. The van der Waals surface area contributed by atoms with Gasteiger partial charge >= 0.3 is 5.97 Å². The number of benzene rings is 1. The molecule has 0 heterocycles. The molecule has 0 unspecified atom stereocenters. The number of carboxylic acids is 1. The zero-order chi connectivity index (χ0) is 15.8. The van der Waals surface area contributed by atoms with Crippen LogP contribution in [0.2, 0.25) is 10.0 Å². The summed E-state index contributed by atoms with van der Waals surface area (Å²) >= 11 is 12.1. The van der Waals surface area contributed by atoms with Crippen LogP contribution in [0.4, 0.5) is 0 Å². The first kappa shape index (κ1) is 17.8.